The molecule has 0 aliphatic heterocycles. The van der Waals surface area contributed by atoms with E-state index in [0.717, 1.165) is 52.6 Å². The van der Waals surface area contributed by atoms with Crippen LogP contribution in [0.25, 0.3) is 11.3 Å². The van der Waals surface area contributed by atoms with E-state index >= 15 is 0 Å². The number of hydrogen-bond donors (Lipinski definition) is 0. The minimum Gasteiger partial charge on any atom is -0.497 e. The molecule has 33 heavy (non-hydrogen) atoms. The zero-order chi connectivity index (χ0) is 23.0. The normalized spacial score (nSPS) is 16.5. The first-order chi connectivity index (χ1) is 16.0. The number of ether oxygens (including phenoxy) is 1. The molecule has 1 fully saturated rings. The lowest BCUT2D eigenvalue weighted by atomic mass is 9.62. The van der Waals surface area contributed by atoms with Crippen LogP contribution in [-0.4, -0.2) is 21.9 Å². The van der Waals surface area contributed by atoms with Crippen LogP contribution in [0.1, 0.15) is 62.6 Å². The maximum atomic E-state index is 14.3. The van der Waals surface area contributed by atoms with Gasteiger partial charge >= 0.3 is 0 Å². The maximum absolute atomic E-state index is 14.3. The van der Waals surface area contributed by atoms with E-state index in [-0.39, 0.29) is 11.0 Å². The van der Waals surface area contributed by atoms with Gasteiger partial charge in [0, 0.05) is 16.2 Å². The molecule has 172 valence electrons. The predicted molar refractivity (Wildman–Crippen MR) is 135 cm³/mol. The highest BCUT2D eigenvalue weighted by molar-refractivity contribution is 7.99. The summed E-state index contributed by atoms with van der Waals surface area (Å²) in [6, 6.07) is 16.6. The second-order valence-corrected chi connectivity index (χ2v) is 11.2. The van der Waals surface area contributed by atoms with Crippen molar-refractivity contribution in [3.63, 3.8) is 0 Å². The molecule has 0 saturated heterocycles. The van der Waals surface area contributed by atoms with E-state index in [1.54, 1.807) is 18.9 Å². The van der Waals surface area contributed by atoms with Crippen LogP contribution in [0.5, 0.6) is 5.75 Å². The van der Waals surface area contributed by atoms with Gasteiger partial charge in [-0.2, -0.15) is 0 Å². The maximum Gasteiger partial charge on any atom is 0.258 e. The average Bonchev–Trinajstić information content (AvgIpc) is 2.82. The topological polar surface area (TPSA) is 44.1 Å². The largest absolute Gasteiger partial charge is 0.497 e. The Bertz CT molecular complexity index is 1210. The van der Waals surface area contributed by atoms with Gasteiger partial charge in [0.15, 0.2) is 5.16 Å². The van der Waals surface area contributed by atoms with E-state index in [1.807, 2.05) is 28.8 Å². The first-order valence-corrected chi connectivity index (χ1v) is 12.9. The van der Waals surface area contributed by atoms with E-state index in [2.05, 4.69) is 38.1 Å². The van der Waals surface area contributed by atoms with Crippen molar-refractivity contribution < 1.29 is 4.74 Å². The Morgan fingerprint density at radius 1 is 1.06 bits per heavy atom. The second kappa shape index (κ2) is 9.02. The van der Waals surface area contributed by atoms with Crippen LogP contribution in [0.15, 0.2) is 58.5 Å². The van der Waals surface area contributed by atoms with Crippen molar-refractivity contribution in [2.45, 2.75) is 74.7 Å². The third-order valence-corrected chi connectivity index (χ3v) is 8.11. The average molecular weight is 461 g/mol. The van der Waals surface area contributed by atoms with Gasteiger partial charge in [-0.05, 0) is 42.5 Å². The molecule has 1 saturated carbocycles. The van der Waals surface area contributed by atoms with E-state index in [1.165, 1.54) is 24.8 Å². The first kappa shape index (κ1) is 22.3. The molecule has 5 heteroatoms. The van der Waals surface area contributed by atoms with Crippen molar-refractivity contribution in [3.05, 3.63) is 75.6 Å². The molecule has 2 aromatic carbocycles. The summed E-state index contributed by atoms with van der Waals surface area (Å²) in [5.74, 6) is 0.823. The molecule has 0 N–H and O–H groups in total. The number of fused-ring (bicyclic) bond motifs is 4. The van der Waals surface area contributed by atoms with Crippen molar-refractivity contribution in [2.24, 2.45) is 0 Å². The fraction of sp³-hybridized carbons (Fsp3) is 0.429. The Balaban J connectivity index is 1.71. The molecule has 1 spiro atoms. The van der Waals surface area contributed by atoms with E-state index in [4.69, 9.17) is 9.72 Å². The summed E-state index contributed by atoms with van der Waals surface area (Å²) >= 11 is 1.68. The fourth-order valence-electron chi connectivity index (χ4n) is 5.58. The van der Waals surface area contributed by atoms with Crippen LogP contribution in [0.3, 0.4) is 0 Å². The molecule has 2 aliphatic carbocycles. The summed E-state index contributed by atoms with van der Waals surface area (Å²) in [4.78, 5) is 19.5. The zero-order valence-electron chi connectivity index (χ0n) is 19.8. The van der Waals surface area contributed by atoms with Crippen molar-refractivity contribution in [1.82, 2.24) is 9.55 Å². The third-order valence-electron chi connectivity index (χ3n) is 7.12. The minimum absolute atomic E-state index is 0.0886. The van der Waals surface area contributed by atoms with Gasteiger partial charge in [0.25, 0.3) is 5.56 Å². The highest BCUT2D eigenvalue weighted by atomic mass is 32.2. The lowest BCUT2D eigenvalue weighted by Crippen LogP contribution is -2.43. The van der Waals surface area contributed by atoms with Gasteiger partial charge < -0.3 is 4.74 Å². The fourth-order valence-corrected chi connectivity index (χ4v) is 6.42. The highest BCUT2D eigenvalue weighted by Crippen LogP contribution is 2.48. The van der Waals surface area contributed by atoms with Gasteiger partial charge in [0.1, 0.15) is 5.75 Å². The SMILES string of the molecule is COc1ccc(Cn2c(SC(C)C)nc3c(c2=O)C2(CCCCC2)Cc2ccccc2-3)cc1. The minimum atomic E-state index is -0.0886. The quantitative estimate of drug-likeness (QED) is 0.335. The highest BCUT2D eigenvalue weighted by Gasteiger charge is 2.43. The van der Waals surface area contributed by atoms with Gasteiger partial charge in [-0.15, -0.1) is 0 Å². The summed E-state index contributed by atoms with van der Waals surface area (Å²) in [5, 5.41) is 1.15. The van der Waals surface area contributed by atoms with Gasteiger partial charge in [-0.3, -0.25) is 9.36 Å². The molecule has 1 aromatic heterocycles. The van der Waals surface area contributed by atoms with Gasteiger partial charge in [0.05, 0.1) is 24.9 Å². The van der Waals surface area contributed by atoms with E-state index < -0.39 is 0 Å². The molecular formula is C28H32N2O2S. The van der Waals surface area contributed by atoms with Crippen LogP contribution in [0, 0.1) is 0 Å². The predicted octanol–water partition coefficient (Wildman–Crippen LogP) is 6.23. The summed E-state index contributed by atoms with van der Waals surface area (Å²) in [7, 11) is 1.67. The molecule has 0 unspecified atom stereocenters. The van der Waals surface area contributed by atoms with Crippen LogP contribution in [0.4, 0.5) is 0 Å². The molecule has 0 radical (unpaired) electrons. The van der Waals surface area contributed by atoms with Gasteiger partial charge in [-0.1, -0.05) is 81.3 Å². The van der Waals surface area contributed by atoms with Crippen molar-refractivity contribution >= 4 is 11.8 Å². The summed E-state index contributed by atoms with van der Waals surface area (Å²) < 4.78 is 7.24. The number of rotatable bonds is 5. The number of benzene rings is 2. The number of aromatic nitrogens is 2. The van der Waals surface area contributed by atoms with Crippen LogP contribution >= 0.6 is 11.8 Å². The van der Waals surface area contributed by atoms with Crippen LogP contribution in [-0.2, 0) is 18.4 Å². The zero-order valence-corrected chi connectivity index (χ0v) is 20.6. The lowest BCUT2D eigenvalue weighted by Gasteiger charge is -2.42. The Labute approximate surface area is 200 Å². The van der Waals surface area contributed by atoms with Crippen molar-refractivity contribution in [3.8, 4) is 17.0 Å². The van der Waals surface area contributed by atoms with E-state index in [9.17, 15) is 4.79 Å². The smallest absolute Gasteiger partial charge is 0.258 e. The molecular weight excluding hydrogens is 428 g/mol. The molecule has 0 atom stereocenters. The van der Waals surface area contributed by atoms with Crippen molar-refractivity contribution in [2.75, 3.05) is 7.11 Å². The number of methoxy groups -OCH3 is 1. The Morgan fingerprint density at radius 2 is 1.79 bits per heavy atom. The number of thioether (sulfide) groups is 1. The number of nitrogens with zero attached hydrogens (tertiary/aromatic N) is 2. The van der Waals surface area contributed by atoms with Crippen LogP contribution < -0.4 is 10.3 Å². The summed E-state index contributed by atoms with van der Waals surface area (Å²) in [6.07, 6.45) is 6.72. The van der Waals surface area contributed by atoms with Gasteiger partial charge in [0.2, 0.25) is 0 Å². The second-order valence-electron chi connectivity index (χ2n) is 9.70. The molecule has 3 aromatic rings. The Hall–Kier alpha value is -2.53. The standard InChI is InChI=1S/C28H32N2O2S/c1-19(2)33-27-29-25-23-10-6-5-9-21(23)17-28(15-7-4-8-16-28)24(25)26(31)30(27)18-20-11-13-22(32-3)14-12-20/h5-6,9-14,19H,4,7-8,15-18H2,1-3H3. The molecule has 0 amide bonds. The molecule has 4 nitrogen and oxygen atoms in total. The van der Waals surface area contributed by atoms with Crippen molar-refractivity contribution in [1.29, 1.82) is 0 Å². The first-order valence-electron chi connectivity index (χ1n) is 12.0. The molecule has 1 heterocycles. The molecule has 0 bridgehead atoms. The summed E-state index contributed by atoms with van der Waals surface area (Å²) in [6.45, 7) is 4.84. The lowest BCUT2D eigenvalue weighted by molar-refractivity contribution is 0.282. The third kappa shape index (κ3) is 4.12. The monoisotopic (exact) mass is 460 g/mol. The molecule has 5 rings (SSSR count). The Morgan fingerprint density at radius 3 is 2.48 bits per heavy atom. The van der Waals surface area contributed by atoms with E-state index in [0.29, 0.717) is 11.8 Å². The number of hydrogen-bond acceptors (Lipinski definition) is 4. The van der Waals surface area contributed by atoms with Gasteiger partial charge in [-0.25, -0.2) is 4.98 Å². The Kier molecular flexibility index (Phi) is 6.09. The van der Waals surface area contributed by atoms with Crippen LogP contribution in [0.2, 0.25) is 0 Å². The summed E-state index contributed by atoms with van der Waals surface area (Å²) in [5.41, 5.74) is 5.51. The molecule has 2 aliphatic rings.